The zero-order chi connectivity index (χ0) is 30.0. The Morgan fingerprint density at radius 2 is 1.62 bits per heavy atom. The van der Waals surface area contributed by atoms with Gasteiger partial charge in [-0.05, 0) is 37.8 Å². The van der Waals surface area contributed by atoms with Gasteiger partial charge in [0.1, 0.15) is 23.7 Å². The van der Waals surface area contributed by atoms with Gasteiger partial charge in [-0.3, -0.25) is 4.79 Å². The van der Waals surface area contributed by atoms with E-state index < -0.39 is 18.3 Å². The molecule has 9 nitrogen and oxygen atoms in total. The Bertz CT molecular complexity index is 1070. The number of rotatable bonds is 6. The molecule has 0 radical (unpaired) electrons. The van der Waals surface area contributed by atoms with Gasteiger partial charge in [0.15, 0.2) is 0 Å². The quantitative estimate of drug-likeness (QED) is 0.475. The number of carbonyl (C=O) groups is 1. The minimum Gasteiger partial charge on any atom is -0.497 e. The number of hydrogen-bond acceptors (Lipinski definition) is 8. The van der Waals surface area contributed by atoms with Crippen molar-refractivity contribution in [1.82, 2.24) is 0 Å². The number of methoxy groups -OCH3 is 6. The molecule has 0 aliphatic carbocycles. The molecule has 0 aromatic heterocycles. The molecule has 2 N–H and O–H groups in total. The van der Waals surface area contributed by atoms with E-state index in [0.717, 1.165) is 11.1 Å². The Labute approximate surface area is 239 Å². The lowest BCUT2D eigenvalue weighted by molar-refractivity contribution is -0.112. The summed E-state index contributed by atoms with van der Waals surface area (Å²) >= 11 is 0. The summed E-state index contributed by atoms with van der Waals surface area (Å²) in [6.45, 7) is 7.68. The van der Waals surface area contributed by atoms with Crippen LogP contribution < -0.4 is 14.8 Å². The highest BCUT2D eigenvalue weighted by Gasteiger charge is 2.33. The first kappa shape index (κ1) is 33.5. The lowest BCUT2D eigenvalue weighted by Gasteiger charge is -2.33. The van der Waals surface area contributed by atoms with Crippen LogP contribution in [0.5, 0.6) is 11.5 Å². The van der Waals surface area contributed by atoms with Crippen molar-refractivity contribution in [2.24, 2.45) is 11.8 Å². The molecular formula is C31H47NO8. The second kappa shape index (κ2) is 15.9. The standard InChI is InChI=1S/C31H47NO8/c1-18-12-11-13-25(36-6)27(33)19(2)14-20(3)29(39-9)26(37-7)15-21(4)28(38-8)23-16-22(35-5)17-24(30(23)40-10)32-31(18)34/h11-14,16-17,20-21,25-29,33H,15H2,1-10H3,(H,32,34)/b13-11?,18-12-,19-14+/t20-,21-,25-,26?,27-,28?,29+/m0/s1. The zero-order valence-electron chi connectivity index (χ0n) is 25.5. The molecule has 9 heteroatoms. The molecule has 0 saturated carbocycles. The molecule has 2 rings (SSSR count). The topological polar surface area (TPSA) is 105 Å². The van der Waals surface area contributed by atoms with Gasteiger partial charge in [0.05, 0.1) is 38.2 Å². The third-order valence-electron chi connectivity index (χ3n) is 7.50. The van der Waals surface area contributed by atoms with Crippen molar-refractivity contribution in [3.05, 3.63) is 53.1 Å². The molecule has 0 saturated heterocycles. The van der Waals surface area contributed by atoms with E-state index in [9.17, 15) is 9.90 Å². The predicted molar refractivity (Wildman–Crippen MR) is 156 cm³/mol. The van der Waals surface area contributed by atoms with Crippen LogP contribution in [0, 0.1) is 11.8 Å². The highest BCUT2D eigenvalue weighted by Crippen LogP contribution is 2.42. The van der Waals surface area contributed by atoms with Crippen LogP contribution in [0.25, 0.3) is 0 Å². The maximum Gasteiger partial charge on any atom is 0.251 e. The summed E-state index contributed by atoms with van der Waals surface area (Å²) in [7, 11) is 9.64. The molecule has 1 amide bonds. The fourth-order valence-corrected chi connectivity index (χ4v) is 5.28. The van der Waals surface area contributed by atoms with Gasteiger partial charge in [-0.2, -0.15) is 0 Å². The molecule has 0 fully saturated rings. The Kier molecular flexibility index (Phi) is 13.3. The Morgan fingerprint density at radius 3 is 2.17 bits per heavy atom. The van der Waals surface area contributed by atoms with Crippen LogP contribution >= 0.6 is 0 Å². The van der Waals surface area contributed by atoms with Crippen LogP contribution in [0.15, 0.2) is 47.6 Å². The molecule has 2 bridgehead atoms. The lowest BCUT2D eigenvalue weighted by Crippen LogP contribution is -2.37. The fourth-order valence-electron chi connectivity index (χ4n) is 5.28. The van der Waals surface area contributed by atoms with Gasteiger partial charge in [-0.25, -0.2) is 0 Å². The van der Waals surface area contributed by atoms with Crippen LogP contribution in [0.3, 0.4) is 0 Å². The number of ether oxygens (including phenoxy) is 6. The maximum atomic E-state index is 13.1. The summed E-state index contributed by atoms with van der Waals surface area (Å²) in [4.78, 5) is 13.1. The summed E-state index contributed by atoms with van der Waals surface area (Å²) in [5, 5.41) is 14.0. The molecule has 7 atom stereocenters. The number of fused-ring (bicyclic) bond motifs is 2. The molecular weight excluding hydrogens is 514 g/mol. The van der Waals surface area contributed by atoms with E-state index in [1.165, 1.54) is 7.11 Å². The summed E-state index contributed by atoms with van der Waals surface area (Å²) in [5.41, 5.74) is 2.40. The fraction of sp³-hybridized carbons (Fsp3) is 0.581. The van der Waals surface area contributed by atoms with E-state index in [4.69, 9.17) is 28.4 Å². The summed E-state index contributed by atoms with van der Waals surface area (Å²) in [6, 6.07) is 3.58. The Balaban J connectivity index is 2.72. The van der Waals surface area contributed by atoms with E-state index in [1.54, 1.807) is 66.8 Å². The summed E-state index contributed by atoms with van der Waals surface area (Å²) in [6.07, 6.45) is 5.20. The molecule has 2 unspecified atom stereocenters. The minimum absolute atomic E-state index is 0.0502. The second-order valence-corrected chi connectivity index (χ2v) is 10.2. The Morgan fingerprint density at radius 1 is 0.925 bits per heavy atom. The van der Waals surface area contributed by atoms with Crippen molar-refractivity contribution >= 4 is 11.6 Å². The summed E-state index contributed by atoms with van der Waals surface area (Å²) in [5.74, 6) is 0.593. The average Bonchev–Trinajstić information content (AvgIpc) is 2.94. The molecule has 1 aromatic rings. The van der Waals surface area contributed by atoms with E-state index in [1.807, 2.05) is 26.0 Å². The van der Waals surface area contributed by atoms with Crippen molar-refractivity contribution in [2.75, 3.05) is 48.0 Å². The monoisotopic (exact) mass is 561 g/mol. The maximum absolute atomic E-state index is 13.1. The van der Waals surface area contributed by atoms with Gasteiger partial charge in [-0.15, -0.1) is 0 Å². The summed E-state index contributed by atoms with van der Waals surface area (Å²) < 4.78 is 34.8. The van der Waals surface area contributed by atoms with Crippen LogP contribution in [0.2, 0.25) is 0 Å². The first-order valence-electron chi connectivity index (χ1n) is 13.5. The van der Waals surface area contributed by atoms with Crippen molar-refractivity contribution < 1.29 is 38.3 Å². The number of anilines is 1. The lowest BCUT2D eigenvalue weighted by atomic mass is 9.86. The molecule has 0 spiro atoms. The zero-order valence-corrected chi connectivity index (χ0v) is 25.5. The third kappa shape index (κ3) is 8.17. The van der Waals surface area contributed by atoms with E-state index in [2.05, 4.69) is 12.2 Å². The van der Waals surface area contributed by atoms with Gasteiger partial charge >= 0.3 is 0 Å². The molecule has 1 aliphatic rings. The van der Waals surface area contributed by atoms with E-state index >= 15 is 0 Å². The molecule has 1 aromatic carbocycles. The van der Waals surface area contributed by atoms with Crippen molar-refractivity contribution in [3.63, 3.8) is 0 Å². The van der Waals surface area contributed by atoms with Crippen LogP contribution in [0.4, 0.5) is 5.69 Å². The highest BCUT2D eigenvalue weighted by atomic mass is 16.5. The van der Waals surface area contributed by atoms with Crippen molar-refractivity contribution in [2.45, 2.75) is 64.6 Å². The van der Waals surface area contributed by atoms with Gasteiger partial charge in [0.2, 0.25) is 0 Å². The smallest absolute Gasteiger partial charge is 0.251 e. The number of hydrogen-bond donors (Lipinski definition) is 2. The average molecular weight is 562 g/mol. The molecule has 224 valence electrons. The predicted octanol–water partition coefficient (Wildman–Crippen LogP) is 4.86. The molecule has 1 aliphatic heterocycles. The largest absolute Gasteiger partial charge is 0.497 e. The van der Waals surface area contributed by atoms with Crippen LogP contribution in [-0.2, 0) is 23.7 Å². The minimum atomic E-state index is -0.887. The molecule has 1 heterocycles. The van der Waals surface area contributed by atoms with Gasteiger partial charge in [0.25, 0.3) is 5.91 Å². The van der Waals surface area contributed by atoms with Crippen LogP contribution in [0.1, 0.15) is 45.8 Å². The first-order valence-corrected chi connectivity index (χ1v) is 13.5. The number of allylic oxidation sites excluding steroid dienone is 2. The van der Waals surface area contributed by atoms with Crippen LogP contribution in [-0.4, -0.2) is 78.1 Å². The number of benzene rings is 1. The SMILES string of the molecule is COc1cc2c(OC)c(c1)C(OC)[C@@H](C)CC(OC)[C@H](OC)[C@@H](C)/C=C(\C)[C@H](O)[C@@H](OC)C=C/C=C(/C)C(=O)N2. The highest BCUT2D eigenvalue weighted by molar-refractivity contribution is 6.04. The number of nitrogens with one attached hydrogen (secondary N) is 1. The first-order chi connectivity index (χ1) is 19.1. The normalized spacial score (nSPS) is 31.5. The number of carbonyl (C=O) groups excluding carboxylic acids is 1. The van der Waals surface area contributed by atoms with Gasteiger partial charge in [-0.1, -0.05) is 38.2 Å². The molecule has 40 heavy (non-hydrogen) atoms. The van der Waals surface area contributed by atoms with Gasteiger partial charge in [0, 0.05) is 51.6 Å². The van der Waals surface area contributed by atoms with E-state index in [0.29, 0.717) is 29.2 Å². The third-order valence-corrected chi connectivity index (χ3v) is 7.50. The van der Waals surface area contributed by atoms with Crippen molar-refractivity contribution in [1.29, 1.82) is 0 Å². The second-order valence-electron chi connectivity index (χ2n) is 10.2. The van der Waals surface area contributed by atoms with E-state index in [-0.39, 0.29) is 30.0 Å². The number of amides is 1. The van der Waals surface area contributed by atoms with Gasteiger partial charge < -0.3 is 38.8 Å². The number of aliphatic hydroxyl groups excluding tert-OH is 1. The number of aliphatic hydroxyl groups is 1. The van der Waals surface area contributed by atoms with Crippen molar-refractivity contribution in [3.8, 4) is 11.5 Å². The Hall–Kier alpha value is -2.69.